The number of aliphatic hydroxyl groups is 1. The van der Waals surface area contributed by atoms with Crippen LogP contribution in [0.25, 0.3) is 5.57 Å². The zero-order chi connectivity index (χ0) is 18.8. The van der Waals surface area contributed by atoms with Crippen LogP contribution < -0.4 is 0 Å². The molecule has 1 aliphatic carbocycles. The number of fused-ring (bicyclic) bond motifs is 1. The van der Waals surface area contributed by atoms with Crippen molar-refractivity contribution >= 4 is 28.8 Å². The van der Waals surface area contributed by atoms with Crippen molar-refractivity contribution in [3.63, 3.8) is 0 Å². The molecule has 1 unspecified atom stereocenters. The minimum Gasteiger partial charge on any atom is -0.395 e. The van der Waals surface area contributed by atoms with E-state index in [1.165, 1.54) is 0 Å². The summed E-state index contributed by atoms with van der Waals surface area (Å²) in [5.74, 6) is -0.306. The maximum absolute atomic E-state index is 13.0. The molecule has 27 heavy (non-hydrogen) atoms. The summed E-state index contributed by atoms with van der Waals surface area (Å²) in [6.07, 6.45) is 5.59. The number of β-amino-alcohol motifs (C(OH)–C–C–N with tert-alkyl or cyclic N) is 1. The Morgan fingerprint density at radius 1 is 1.11 bits per heavy atom. The Bertz CT molecular complexity index is 849. The smallest absolute Gasteiger partial charge is 0.293 e. The number of carbonyl (C=O) groups excluding carboxylic acids is 1. The third-order valence-electron chi connectivity index (χ3n) is 5.25. The first-order valence-electron chi connectivity index (χ1n) is 9.23. The molecule has 1 N–H and O–H groups in total. The maximum Gasteiger partial charge on any atom is 0.293 e. The number of aliphatic hydroxyl groups excluding tert-OH is 1. The minimum absolute atomic E-state index is 0.118. The SMILES string of the molecule is O=C1N=C2C=CC(Cl)=CC2C(c2ccccc2)=C1N1CCN(CCO)CC1. The van der Waals surface area contributed by atoms with Crippen molar-refractivity contribution in [2.75, 3.05) is 39.3 Å². The highest BCUT2D eigenvalue weighted by atomic mass is 35.5. The molecule has 6 heteroatoms. The van der Waals surface area contributed by atoms with Crippen LogP contribution in [0.4, 0.5) is 0 Å². The van der Waals surface area contributed by atoms with Crippen molar-refractivity contribution in [1.29, 1.82) is 0 Å². The number of allylic oxidation sites excluding steroid dienone is 5. The summed E-state index contributed by atoms with van der Waals surface area (Å²) >= 11 is 6.28. The molecule has 0 radical (unpaired) electrons. The van der Waals surface area contributed by atoms with Gasteiger partial charge in [0.1, 0.15) is 5.70 Å². The summed E-state index contributed by atoms with van der Waals surface area (Å²) in [5.41, 5.74) is 3.41. The topological polar surface area (TPSA) is 56.1 Å². The fraction of sp³-hybridized carbons (Fsp3) is 0.333. The van der Waals surface area contributed by atoms with Gasteiger partial charge in [0.2, 0.25) is 0 Å². The van der Waals surface area contributed by atoms with E-state index >= 15 is 0 Å². The number of benzene rings is 1. The molecule has 4 rings (SSSR count). The number of halogens is 1. The Kier molecular flexibility index (Phi) is 5.25. The largest absolute Gasteiger partial charge is 0.395 e. The molecule has 1 saturated heterocycles. The Labute approximate surface area is 163 Å². The quantitative estimate of drug-likeness (QED) is 0.866. The monoisotopic (exact) mass is 383 g/mol. The number of hydrogen-bond donors (Lipinski definition) is 1. The third kappa shape index (κ3) is 3.63. The molecular weight excluding hydrogens is 362 g/mol. The van der Waals surface area contributed by atoms with Gasteiger partial charge >= 0.3 is 0 Å². The lowest BCUT2D eigenvalue weighted by Gasteiger charge is -2.39. The highest BCUT2D eigenvalue weighted by molar-refractivity contribution is 6.33. The van der Waals surface area contributed by atoms with E-state index in [0.717, 1.165) is 43.0 Å². The van der Waals surface area contributed by atoms with E-state index in [-0.39, 0.29) is 18.4 Å². The number of carbonyl (C=O) groups is 1. The van der Waals surface area contributed by atoms with Gasteiger partial charge < -0.3 is 10.0 Å². The molecule has 1 amide bonds. The third-order valence-corrected chi connectivity index (χ3v) is 5.50. The molecule has 3 aliphatic rings. The van der Waals surface area contributed by atoms with E-state index in [4.69, 9.17) is 16.7 Å². The Hall–Kier alpha value is -2.21. The molecular formula is C21H22ClN3O2. The summed E-state index contributed by atoms with van der Waals surface area (Å²) < 4.78 is 0. The molecule has 2 heterocycles. The van der Waals surface area contributed by atoms with Crippen LogP contribution in [-0.4, -0.2) is 65.9 Å². The molecule has 1 aromatic carbocycles. The Morgan fingerprint density at radius 3 is 2.56 bits per heavy atom. The Balaban J connectivity index is 1.75. The molecule has 5 nitrogen and oxygen atoms in total. The zero-order valence-electron chi connectivity index (χ0n) is 15.0. The first-order valence-corrected chi connectivity index (χ1v) is 9.61. The van der Waals surface area contributed by atoms with Gasteiger partial charge in [-0.05, 0) is 17.7 Å². The van der Waals surface area contributed by atoms with Crippen LogP contribution in [0.15, 0.2) is 64.3 Å². The van der Waals surface area contributed by atoms with Crippen molar-refractivity contribution < 1.29 is 9.90 Å². The van der Waals surface area contributed by atoms with Crippen LogP contribution in [0.3, 0.4) is 0 Å². The van der Waals surface area contributed by atoms with Crippen LogP contribution in [0, 0.1) is 5.92 Å². The molecule has 140 valence electrons. The summed E-state index contributed by atoms with van der Waals surface area (Å²) in [4.78, 5) is 21.7. The van der Waals surface area contributed by atoms with Crippen molar-refractivity contribution in [2.45, 2.75) is 0 Å². The van der Waals surface area contributed by atoms with E-state index in [0.29, 0.717) is 17.3 Å². The van der Waals surface area contributed by atoms with Gasteiger partial charge in [-0.1, -0.05) is 48.0 Å². The lowest BCUT2D eigenvalue weighted by atomic mass is 9.82. The first kappa shape index (κ1) is 18.2. The van der Waals surface area contributed by atoms with E-state index in [9.17, 15) is 4.79 Å². The normalized spacial score (nSPS) is 23.3. The van der Waals surface area contributed by atoms with Crippen LogP contribution in [0.1, 0.15) is 5.56 Å². The lowest BCUT2D eigenvalue weighted by Crippen LogP contribution is -2.48. The molecule has 0 saturated carbocycles. The van der Waals surface area contributed by atoms with Crippen LogP contribution in [0.5, 0.6) is 0 Å². The fourth-order valence-electron chi connectivity index (χ4n) is 3.92. The second kappa shape index (κ2) is 7.80. The van der Waals surface area contributed by atoms with Gasteiger partial charge in [-0.3, -0.25) is 9.69 Å². The molecule has 2 aliphatic heterocycles. The number of amides is 1. The molecule has 1 aromatic rings. The molecule has 0 spiro atoms. The second-order valence-corrected chi connectivity index (χ2v) is 7.32. The Morgan fingerprint density at radius 2 is 1.85 bits per heavy atom. The van der Waals surface area contributed by atoms with E-state index in [1.54, 1.807) is 6.08 Å². The minimum atomic E-state index is -0.188. The maximum atomic E-state index is 13.0. The number of hydrogen-bond acceptors (Lipinski definition) is 4. The predicted molar refractivity (Wildman–Crippen MR) is 107 cm³/mol. The highest BCUT2D eigenvalue weighted by Crippen LogP contribution is 2.38. The number of rotatable bonds is 4. The molecule has 0 bridgehead atoms. The molecule has 1 fully saturated rings. The zero-order valence-corrected chi connectivity index (χ0v) is 15.8. The number of piperazine rings is 1. The standard InChI is InChI=1S/C21H22ClN3O2/c22-16-6-7-18-17(14-16)19(15-4-2-1-3-5-15)20(21(27)23-18)25-10-8-24(9-11-25)12-13-26/h1-7,14,17,26H,8-13H2. The summed E-state index contributed by atoms with van der Waals surface area (Å²) in [6, 6.07) is 10.0. The summed E-state index contributed by atoms with van der Waals surface area (Å²) in [6.45, 7) is 3.93. The predicted octanol–water partition coefficient (Wildman–Crippen LogP) is 2.30. The first-order chi connectivity index (χ1) is 13.2. The lowest BCUT2D eigenvalue weighted by molar-refractivity contribution is -0.116. The van der Waals surface area contributed by atoms with E-state index in [2.05, 4.69) is 14.8 Å². The van der Waals surface area contributed by atoms with Crippen molar-refractivity contribution in [2.24, 2.45) is 10.9 Å². The highest BCUT2D eigenvalue weighted by Gasteiger charge is 2.35. The van der Waals surface area contributed by atoms with Crippen LogP contribution >= 0.6 is 11.6 Å². The number of dihydropyridines is 1. The van der Waals surface area contributed by atoms with Crippen LogP contribution in [-0.2, 0) is 4.79 Å². The van der Waals surface area contributed by atoms with Crippen molar-refractivity contribution in [3.05, 3.63) is 64.9 Å². The summed E-state index contributed by atoms with van der Waals surface area (Å²) in [7, 11) is 0. The van der Waals surface area contributed by atoms with Gasteiger partial charge in [-0.25, -0.2) is 4.99 Å². The van der Waals surface area contributed by atoms with Gasteiger partial charge in [0.05, 0.1) is 12.3 Å². The van der Waals surface area contributed by atoms with Crippen molar-refractivity contribution in [3.8, 4) is 0 Å². The molecule has 1 atom stereocenters. The average molecular weight is 384 g/mol. The number of aliphatic imine (C=N–C) groups is 1. The fourth-order valence-corrected chi connectivity index (χ4v) is 4.10. The number of nitrogens with zero attached hydrogens (tertiary/aromatic N) is 3. The molecule has 0 aromatic heterocycles. The summed E-state index contributed by atoms with van der Waals surface area (Å²) in [5, 5.41) is 9.82. The van der Waals surface area contributed by atoms with Gasteiger partial charge in [0.25, 0.3) is 5.91 Å². The van der Waals surface area contributed by atoms with E-state index < -0.39 is 0 Å². The van der Waals surface area contributed by atoms with E-state index in [1.807, 2.05) is 42.5 Å². The van der Waals surface area contributed by atoms with Crippen LogP contribution in [0.2, 0.25) is 0 Å². The van der Waals surface area contributed by atoms with Gasteiger partial charge in [-0.2, -0.15) is 0 Å². The van der Waals surface area contributed by atoms with Crippen molar-refractivity contribution in [1.82, 2.24) is 9.80 Å². The van der Waals surface area contributed by atoms with Gasteiger partial charge in [0, 0.05) is 49.2 Å². The van der Waals surface area contributed by atoms with Gasteiger partial charge in [0.15, 0.2) is 0 Å². The average Bonchev–Trinajstić information content (AvgIpc) is 2.69. The second-order valence-electron chi connectivity index (χ2n) is 6.88. The van der Waals surface area contributed by atoms with Gasteiger partial charge in [-0.15, -0.1) is 0 Å².